The van der Waals surface area contributed by atoms with Gasteiger partial charge in [-0.1, -0.05) is 60.7 Å². The van der Waals surface area contributed by atoms with Crippen molar-refractivity contribution < 1.29 is 9.90 Å². The van der Waals surface area contributed by atoms with Gasteiger partial charge in [-0.2, -0.15) is 0 Å². The van der Waals surface area contributed by atoms with Crippen LogP contribution in [0.2, 0.25) is 0 Å². The van der Waals surface area contributed by atoms with E-state index in [1.165, 1.54) is 5.56 Å². The lowest BCUT2D eigenvalue weighted by Crippen LogP contribution is -2.15. The van der Waals surface area contributed by atoms with Crippen LogP contribution in [-0.4, -0.2) is 17.5 Å². The predicted molar refractivity (Wildman–Crippen MR) is 80.7 cm³/mol. The molecule has 0 amide bonds. The van der Waals surface area contributed by atoms with Gasteiger partial charge in [-0.05, 0) is 24.0 Å². The van der Waals surface area contributed by atoms with Gasteiger partial charge in [0.1, 0.15) is 5.78 Å². The standard InChI is InChI=1S/C18H20O2/c19-14-13-17(16-9-5-2-6-10-16)18(20)12-11-15-7-3-1-4-8-15/h1-10,17,19H,11-14H2. The number of benzene rings is 2. The van der Waals surface area contributed by atoms with Crippen LogP contribution in [0.3, 0.4) is 0 Å². The second-order valence-electron chi connectivity index (χ2n) is 4.93. The highest BCUT2D eigenvalue weighted by Gasteiger charge is 2.19. The minimum absolute atomic E-state index is 0.0383. The minimum atomic E-state index is -0.190. The van der Waals surface area contributed by atoms with Gasteiger partial charge in [0.2, 0.25) is 0 Å². The zero-order valence-electron chi connectivity index (χ0n) is 11.5. The van der Waals surface area contributed by atoms with Crippen molar-refractivity contribution in [2.24, 2.45) is 0 Å². The van der Waals surface area contributed by atoms with E-state index in [-0.39, 0.29) is 18.3 Å². The number of Topliss-reactive ketones (excluding diaryl/α,β-unsaturated/α-hetero) is 1. The Bertz CT molecular complexity index is 520. The number of carbonyl (C=O) groups excluding carboxylic acids is 1. The highest BCUT2D eigenvalue weighted by atomic mass is 16.3. The van der Waals surface area contributed by atoms with Crippen LogP contribution in [0.25, 0.3) is 0 Å². The molecular formula is C18H20O2. The first-order valence-corrected chi connectivity index (χ1v) is 7.03. The number of carbonyl (C=O) groups is 1. The molecule has 0 radical (unpaired) electrons. The second-order valence-corrected chi connectivity index (χ2v) is 4.93. The molecule has 1 atom stereocenters. The van der Waals surface area contributed by atoms with Crippen molar-refractivity contribution in [1.29, 1.82) is 0 Å². The highest BCUT2D eigenvalue weighted by molar-refractivity contribution is 5.85. The molecule has 0 saturated heterocycles. The summed E-state index contributed by atoms with van der Waals surface area (Å²) >= 11 is 0. The molecule has 0 bridgehead atoms. The fraction of sp³-hybridized carbons (Fsp3) is 0.278. The van der Waals surface area contributed by atoms with Crippen LogP contribution in [0.4, 0.5) is 0 Å². The third-order valence-electron chi connectivity index (χ3n) is 3.51. The number of ketones is 1. The zero-order chi connectivity index (χ0) is 14.2. The lowest BCUT2D eigenvalue weighted by Gasteiger charge is -2.15. The Morgan fingerprint density at radius 3 is 2.15 bits per heavy atom. The van der Waals surface area contributed by atoms with Crippen molar-refractivity contribution in [3.8, 4) is 0 Å². The molecule has 2 heteroatoms. The average molecular weight is 268 g/mol. The molecule has 2 aromatic rings. The normalized spacial score (nSPS) is 12.1. The monoisotopic (exact) mass is 268 g/mol. The first-order valence-electron chi connectivity index (χ1n) is 7.03. The molecule has 2 nitrogen and oxygen atoms in total. The smallest absolute Gasteiger partial charge is 0.140 e. The summed E-state index contributed by atoms with van der Waals surface area (Å²) in [6.07, 6.45) is 1.77. The predicted octanol–water partition coefficient (Wildman–Crippen LogP) is 3.35. The lowest BCUT2D eigenvalue weighted by atomic mass is 9.89. The van der Waals surface area contributed by atoms with E-state index in [4.69, 9.17) is 0 Å². The van der Waals surface area contributed by atoms with E-state index in [9.17, 15) is 9.90 Å². The third-order valence-corrected chi connectivity index (χ3v) is 3.51. The van der Waals surface area contributed by atoms with Gasteiger partial charge in [-0.3, -0.25) is 4.79 Å². The third kappa shape index (κ3) is 4.04. The van der Waals surface area contributed by atoms with Gasteiger partial charge < -0.3 is 5.11 Å². The van der Waals surface area contributed by atoms with Gasteiger partial charge in [0.25, 0.3) is 0 Å². The Labute approximate surface area is 120 Å². The number of hydrogen-bond acceptors (Lipinski definition) is 2. The van der Waals surface area contributed by atoms with Crippen molar-refractivity contribution in [3.05, 3.63) is 71.8 Å². The average Bonchev–Trinajstić information content (AvgIpc) is 2.52. The Morgan fingerprint density at radius 2 is 1.55 bits per heavy atom. The van der Waals surface area contributed by atoms with Crippen LogP contribution in [-0.2, 0) is 11.2 Å². The molecule has 0 heterocycles. The maximum Gasteiger partial charge on any atom is 0.140 e. The largest absolute Gasteiger partial charge is 0.396 e. The van der Waals surface area contributed by atoms with E-state index in [0.29, 0.717) is 12.8 Å². The topological polar surface area (TPSA) is 37.3 Å². The van der Waals surface area contributed by atoms with Gasteiger partial charge in [-0.15, -0.1) is 0 Å². The van der Waals surface area contributed by atoms with E-state index in [1.54, 1.807) is 0 Å². The fourth-order valence-electron chi connectivity index (χ4n) is 2.41. The SMILES string of the molecule is O=C(CCc1ccccc1)C(CCO)c1ccccc1. The van der Waals surface area contributed by atoms with Crippen molar-refractivity contribution in [3.63, 3.8) is 0 Å². The minimum Gasteiger partial charge on any atom is -0.396 e. The van der Waals surface area contributed by atoms with Crippen LogP contribution >= 0.6 is 0 Å². The summed E-state index contributed by atoms with van der Waals surface area (Å²) in [6.45, 7) is 0.0383. The van der Waals surface area contributed by atoms with E-state index in [1.807, 2.05) is 60.7 Å². The number of aryl methyl sites for hydroxylation is 1. The van der Waals surface area contributed by atoms with Crippen LogP contribution in [0.1, 0.15) is 29.9 Å². The molecule has 20 heavy (non-hydrogen) atoms. The number of aliphatic hydroxyl groups excluding tert-OH is 1. The molecule has 0 aliphatic rings. The van der Waals surface area contributed by atoms with Gasteiger partial charge in [-0.25, -0.2) is 0 Å². The Morgan fingerprint density at radius 1 is 0.950 bits per heavy atom. The van der Waals surface area contributed by atoms with Crippen LogP contribution in [0, 0.1) is 0 Å². The second kappa shape index (κ2) is 7.61. The van der Waals surface area contributed by atoms with Gasteiger partial charge in [0, 0.05) is 18.9 Å². The quantitative estimate of drug-likeness (QED) is 0.836. The fourth-order valence-corrected chi connectivity index (χ4v) is 2.41. The van der Waals surface area contributed by atoms with Crippen molar-refractivity contribution in [1.82, 2.24) is 0 Å². The molecule has 1 N–H and O–H groups in total. The molecule has 0 aromatic heterocycles. The maximum absolute atomic E-state index is 12.4. The molecule has 0 aliphatic heterocycles. The number of hydrogen-bond donors (Lipinski definition) is 1. The number of rotatable bonds is 7. The summed E-state index contributed by atoms with van der Waals surface area (Å²) < 4.78 is 0. The first-order chi connectivity index (χ1) is 9.81. The molecular weight excluding hydrogens is 248 g/mol. The van der Waals surface area contributed by atoms with E-state index in [0.717, 1.165) is 12.0 Å². The van der Waals surface area contributed by atoms with E-state index < -0.39 is 0 Å². The molecule has 0 spiro atoms. The van der Waals surface area contributed by atoms with Crippen molar-refractivity contribution >= 4 is 5.78 Å². The zero-order valence-corrected chi connectivity index (χ0v) is 11.5. The first kappa shape index (κ1) is 14.5. The molecule has 2 rings (SSSR count). The van der Waals surface area contributed by atoms with Gasteiger partial charge in [0.15, 0.2) is 0 Å². The Balaban J connectivity index is 2.01. The molecule has 0 aliphatic carbocycles. The molecule has 104 valence electrons. The Hall–Kier alpha value is -1.93. The van der Waals surface area contributed by atoms with Crippen LogP contribution < -0.4 is 0 Å². The summed E-state index contributed by atoms with van der Waals surface area (Å²) in [5.74, 6) is 0.0130. The van der Waals surface area contributed by atoms with Gasteiger partial charge in [0.05, 0.1) is 0 Å². The molecule has 2 aromatic carbocycles. The van der Waals surface area contributed by atoms with Gasteiger partial charge >= 0.3 is 0 Å². The molecule has 0 fully saturated rings. The van der Waals surface area contributed by atoms with Crippen LogP contribution in [0.15, 0.2) is 60.7 Å². The van der Waals surface area contributed by atoms with Crippen LogP contribution in [0.5, 0.6) is 0 Å². The number of aliphatic hydroxyl groups is 1. The summed E-state index contributed by atoms with van der Waals surface area (Å²) in [6, 6.07) is 19.8. The summed E-state index contributed by atoms with van der Waals surface area (Å²) in [5.41, 5.74) is 2.18. The lowest BCUT2D eigenvalue weighted by molar-refractivity contribution is -0.120. The molecule has 1 unspecified atom stereocenters. The van der Waals surface area contributed by atoms with E-state index >= 15 is 0 Å². The Kier molecular flexibility index (Phi) is 5.51. The summed E-state index contributed by atoms with van der Waals surface area (Å²) in [4.78, 5) is 12.4. The maximum atomic E-state index is 12.4. The summed E-state index contributed by atoms with van der Waals surface area (Å²) in [5, 5.41) is 9.18. The van der Waals surface area contributed by atoms with E-state index in [2.05, 4.69) is 0 Å². The highest BCUT2D eigenvalue weighted by Crippen LogP contribution is 2.22. The molecule has 0 saturated carbocycles. The van der Waals surface area contributed by atoms with Crippen molar-refractivity contribution in [2.45, 2.75) is 25.2 Å². The van der Waals surface area contributed by atoms with Crippen molar-refractivity contribution in [2.75, 3.05) is 6.61 Å². The summed E-state index contributed by atoms with van der Waals surface area (Å²) in [7, 11) is 0.